The number of sulfone groups is 1. The molecule has 1 unspecified atom stereocenters. The van der Waals surface area contributed by atoms with Gasteiger partial charge >= 0.3 is 0 Å². The van der Waals surface area contributed by atoms with Gasteiger partial charge in [0.2, 0.25) is 5.91 Å². The van der Waals surface area contributed by atoms with Crippen LogP contribution in [0.3, 0.4) is 0 Å². The molecule has 1 atom stereocenters. The van der Waals surface area contributed by atoms with Crippen molar-refractivity contribution in [2.75, 3.05) is 20.5 Å². The number of benzene rings is 2. The molecule has 0 radical (unpaired) electrons. The molecule has 1 amide bonds. The van der Waals surface area contributed by atoms with Crippen LogP contribution < -0.4 is 14.8 Å². The van der Waals surface area contributed by atoms with Crippen LogP contribution in [0.1, 0.15) is 30.5 Å². The molecule has 2 aromatic carbocycles. The first-order valence-electron chi connectivity index (χ1n) is 8.79. The van der Waals surface area contributed by atoms with E-state index in [0.29, 0.717) is 17.9 Å². The second-order valence-corrected chi connectivity index (χ2v) is 8.27. The monoisotopic (exact) mass is 403 g/mol. The molecule has 0 saturated heterocycles. The summed E-state index contributed by atoms with van der Waals surface area (Å²) in [5.41, 5.74) is 1.65. The average molecular weight is 404 g/mol. The van der Waals surface area contributed by atoms with Crippen LogP contribution in [-0.4, -0.2) is 34.8 Å². The minimum absolute atomic E-state index is 0.212. The van der Waals surface area contributed by atoms with Gasteiger partial charge in [-0.15, -0.1) is 0 Å². The summed E-state index contributed by atoms with van der Waals surface area (Å²) in [5.74, 6) is 0.962. The SMILES string of the molecule is CCC(NC(=O)/C=C/c1ccc(OC)c(OC)c1)c1ccc(S(C)(=O)=O)cc1. The van der Waals surface area contributed by atoms with E-state index < -0.39 is 9.84 Å². The molecule has 0 aliphatic carbocycles. The second-order valence-electron chi connectivity index (χ2n) is 6.26. The van der Waals surface area contributed by atoms with Gasteiger partial charge < -0.3 is 14.8 Å². The van der Waals surface area contributed by atoms with Crippen molar-refractivity contribution in [2.45, 2.75) is 24.3 Å². The van der Waals surface area contributed by atoms with Crippen molar-refractivity contribution in [3.63, 3.8) is 0 Å². The van der Waals surface area contributed by atoms with Gasteiger partial charge in [0.1, 0.15) is 0 Å². The summed E-state index contributed by atoms with van der Waals surface area (Å²) in [6.07, 6.45) is 4.99. The molecule has 0 aromatic heterocycles. The lowest BCUT2D eigenvalue weighted by molar-refractivity contribution is -0.117. The molecule has 0 aliphatic heterocycles. The average Bonchev–Trinajstić information content (AvgIpc) is 2.69. The van der Waals surface area contributed by atoms with E-state index in [-0.39, 0.29) is 16.8 Å². The van der Waals surface area contributed by atoms with E-state index in [2.05, 4.69) is 5.32 Å². The number of carbonyl (C=O) groups excluding carboxylic acids is 1. The molecule has 0 saturated carbocycles. The highest BCUT2D eigenvalue weighted by Crippen LogP contribution is 2.28. The van der Waals surface area contributed by atoms with Crippen LogP contribution in [0.4, 0.5) is 0 Å². The molecule has 0 heterocycles. The Hall–Kier alpha value is -2.80. The summed E-state index contributed by atoms with van der Waals surface area (Å²) in [7, 11) is -0.125. The summed E-state index contributed by atoms with van der Waals surface area (Å²) >= 11 is 0. The molecule has 0 fully saturated rings. The smallest absolute Gasteiger partial charge is 0.244 e. The standard InChI is InChI=1S/C21H25NO5S/c1-5-18(16-8-10-17(11-9-16)28(4,24)25)22-21(23)13-7-15-6-12-19(26-2)20(14-15)27-3/h6-14,18H,5H2,1-4H3,(H,22,23)/b13-7+. The third kappa shape index (κ3) is 5.60. The second kappa shape index (κ2) is 9.41. The lowest BCUT2D eigenvalue weighted by Gasteiger charge is -2.16. The topological polar surface area (TPSA) is 81.7 Å². The van der Waals surface area contributed by atoms with Gasteiger partial charge in [0.15, 0.2) is 21.3 Å². The van der Waals surface area contributed by atoms with Crippen LogP contribution in [0.25, 0.3) is 6.08 Å². The van der Waals surface area contributed by atoms with Gasteiger partial charge in [0.25, 0.3) is 0 Å². The van der Waals surface area contributed by atoms with Crippen LogP contribution in [0.5, 0.6) is 11.5 Å². The van der Waals surface area contributed by atoms with Crippen molar-refractivity contribution >= 4 is 21.8 Å². The molecule has 0 spiro atoms. The van der Waals surface area contributed by atoms with Gasteiger partial charge in [0.05, 0.1) is 25.2 Å². The van der Waals surface area contributed by atoms with E-state index in [0.717, 1.165) is 11.1 Å². The van der Waals surface area contributed by atoms with Crippen LogP contribution in [0, 0.1) is 0 Å². The lowest BCUT2D eigenvalue weighted by Crippen LogP contribution is -2.26. The summed E-state index contributed by atoms with van der Waals surface area (Å²) in [4.78, 5) is 12.6. The quantitative estimate of drug-likeness (QED) is 0.683. The lowest BCUT2D eigenvalue weighted by atomic mass is 10.0. The molecule has 6 nitrogen and oxygen atoms in total. The number of ether oxygens (including phenoxy) is 2. The Labute approximate surface area is 166 Å². The van der Waals surface area contributed by atoms with E-state index in [4.69, 9.17) is 9.47 Å². The summed E-state index contributed by atoms with van der Waals surface area (Å²) in [6, 6.07) is 11.7. The van der Waals surface area contributed by atoms with Gasteiger partial charge in [-0.3, -0.25) is 4.79 Å². The molecule has 150 valence electrons. The molecule has 1 N–H and O–H groups in total. The van der Waals surface area contributed by atoms with Crippen molar-refractivity contribution in [3.05, 3.63) is 59.7 Å². The van der Waals surface area contributed by atoms with Crippen LogP contribution in [0.2, 0.25) is 0 Å². The number of hydrogen-bond donors (Lipinski definition) is 1. The molecule has 2 rings (SSSR count). The molecule has 28 heavy (non-hydrogen) atoms. The highest BCUT2D eigenvalue weighted by molar-refractivity contribution is 7.90. The van der Waals surface area contributed by atoms with E-state index in [1.54, 1.807) is 56.7 Å². The van der Waals surface area contributed by atoms with Gasteiger partial charge in [-0.2, -0.15) is 0 Å². The third-order valence-corrected chi connectivity index (χ3v) is 5.40. The number of hydrogen-bond acceptors (Lipinski definition) is 5. The fourth-order valence-corrected chi connectivity index (χ4v) is 3.35. The molecule has 2 aromatic rings. The Bertz CT molecular complexity index is 949. The largest absolute Gasteiger partial charge is 0.493 e. The van der Waals surface area contributed by atoms with Crippen molar-refractivity contribution in [3.8, 4) is 11.5 Å². The Kier molecular flexibility index (Phi) is 7.23. The molecular weight excluding hydrogens is 378 g/mol. The zero-order chi connectivity index (χ0) is 20.7. The Morgan fingerprint density at radius 2 is 1.71 bits per heavy atom. The van der Waals surface area contributed by atoms with Crippen molar-refractivity contribution in [2.24, 2.45) is 0 Å². The first-order chi connectivity index (χ1) is 13.3. The van der Waals surface area contributed by atoms with Gasteiger partial charge in [-0.25, -0.2) is 8.42 Å². The summed E-state index contributed by atoms with van der Waals surface area (Å²) < 4.78 is 33.6. The normalized spacial score (nSPS) is 12.6. The number of nitrogens with one attached hydrogen (secondary N) is 1. The Morgan fingerprint density at radius 3 is 2.25 bits per heavy atom. The van der Waals surface area contributed by atoms with E-state index in [9.17, 15) is 13.2 Å². The Morgan fingerprint density at radius 1 is 1.07 bits per heavy atom. The number of rotatable bonds is 8. The highest BCUT2D eigenvalue weighted by atomic mass is 32.2. The minimum Gasteiger partial charge on any atom is -0.493 e. The Balaban J connectivity index is 2.09. The first kappa shape index (κ1) is 21.5. The number of methoxy groups -OCH3 is 2. The number of amides is 1. The zero-order valence-electron chi connectivity index (χ0n) is 16.4. The third-order valence-electron chi connectivity index (χ3n) is 4.27. The predicted octanol–water partition coefficient (Wildman–Crippen LogP) is 3.39. The van der Waals surface area contributed by atoms with Gasteiger partial charge in [-0.1, -0.05) is 25.1 Å². The summed E-state index contributed by atoms with van der Waals surface area (Å²) in [6.45, 7) is 1.95. The van der Waals surface area contributed by atoms with Gasteiger partial charge in [-0.05, 0) is 47.9 Å². The van der Waals surface area contributed by atoms with Crippen LogP contribution in [0.15, 0.2) is 53.4 Å². The highest BCUT2D eigenvalue weighted by Gasteiger charge is 2.13. The van der Waals surface area contributed by atoms with Crippen molar-refractivity contribution in [1.82, 2.24) is 5.32 Å². The number of carbonyl (C=O) groups is 1. The van der Waals surface area contributed by atoms with E-state index in [1.807, 2.05) is 13.0 Å². The minimum atomic E-state index is -3.24. The predicted molar refractivity (Wildman–Crippen MR) is 109 cm³/mol. The fourth-order valence-electron chi connectivity index (χ4n) is 2.72. The molecule has 0 aliphatic rings. The van der Waals surface area contributed by atoms with Crippen molar-refractivity contribution < 1.29 is 22.7 Å². The molecule has 0 bridgehead atoms. The van der Waals surface area contributed by atoms with E-state index >= 15 is 0 Å². The maximum Gasteiger partial charge on any atom is 0.244 e. The van der Waals surface area contributed by atoms with Crippen LogP contribution in [-0.2, 0) is 14.6 Å². The molecular formula is C21H25NO5S. The molecule has 7 heteroatoms. The maximum absolute atomic E-state index is 12.3. The maximum atomic E-state index is 12.3. The fraction of sp³-hybridized carbons (Fsp3) is 0.286. The summed E-state index contributed by atoms with van der Waals surface area (Å²) in [5, 5.41) is 2.93. The van der Waals surface area contributed by atoms with Crippen LogP contribution >= 0.6 is 0 Å². The zero-order valence-corrected chi connectivity index (χ0v) is 17.2. The van der Waals surface area contributed by atoms with Crippen molar-refractivity contribution in [1.29, 1.82) is 0 Å². The van der Waals surface area contributed by atoms with Gasteiger partial charge in [0, 0.05) is 12.3 Å². The van der Waals surface area contributed by atoms with E-state index in [1.165, 1.54) is 12.3 Å². The first-order valence-corrected chi connectivity index (χ1v) is 10.7.